The Labute approximate surface area is 144 Å². The van der Waals surface area contributed by atoms with Crippen molar-refractivity contribution in [3.63, 3.8) is 0 Å². The van der Waals surface area contributed by atoms with Crippen LogP contribution in [0.3, 0.4) is 0 Å². The Kier molecular flexibility index (Phi) is 5.53. The van der Waals surface area contributed by atoms with Gasteiger partial charge in [0.2, 0.25) is 0 Å². The number of sulfone groups is 1. The molecule has 1 aromatic carbocycles. The predicted molar refractivity (Wildman–Crippen MR) is 82.0 cm³/mol. The SMILES string of the molecule is [N-]=[N+]=C(C1(S(=O)[O-])CCCCC1)S(=O)(=O)c1ccccc1C(F)(F)F. The van der Waals surface area contributed by atoms with Gasteiger partial charge in [0.1, 0.15) is 4.75 Å². The molecular formula is C14H14F3N2O4S2-. The van der Waals surface area contributed by atoms with E-state index in [-0.39, 0.29) is 12.8 Å². The summed E-state index contributed by atoms with van der Waals surface area (Å²) in [5, 5.41) is -1.16. The van der Waals surface area contributed by atoms with Crippen LogP contribution in [0.25, 0.3) is 5.53 Å². The lowest BCUT2D eigenvalue weighted by Gasteiger charge is -2.34. The van der Waals surface area contributed by atoms with Crippen LogP contribution in [0.5, 0.6) is 0 Å². The second-order valence-electron chi connectivity index (χ2n) is 5.69. The van der Waals surface area contributed by atoms with E-state index in [1.54, 1.807) is 0 Å². The Morgan fingerprint density at radius 2 is 1.76 bits per heavy atom. The van der Waals surface area contributed by atoms with Crippen molar-refractivity contribution in [2.75, 3.05) is 0 Å². The Bertz CT molecular complexity index is 840. The molecule has 1 aromatic rings. The van der Waals surface area contributed by atoms with Crippen molar-refractivity contribution in [1.82, 2.24) is 0 Å². The molecule has 1 aliphatic carbocycles. The molecule has 1 unspecified atom stereocenters. The predicted octanol–water partition coefficient (Wildman–Crippen LogP) is 2.69. The van der Waals surface area contributed by atoms with Gasteiger partial charge in [-0.25, -0.2) is 8.42 Å². The van der Waals surface area contributed by atoms with Crippen LogP contribution in [-0.2, 0) is 27.1 Å². The fraction of sp³-hybridized carbons (Fsp3) is 0.500. The van der Waals surface area contributed by atoms with Crippen LogP contribution in [0.2, 0.25) is 0 Å². The van der Waals surface area contributed by atoms with Crippen LogP contribution in [0.4, 0.5) is 13.2 Å². The number of nitrogens with zero attached hydrogens (tertiary/aromatic N) is 2. The fourth-order valence-electron chi connectivity index (χ4n) is 3.00. The molecule has 2 rings (SSSR count). The lowest BCUT2D eigenvalue weighted by molar-refractivity contribution is -0.139. The highest BCUT2D eigenvalue weighted by Gasteiger charge is 2.54. The van der Waals surface area contributed by atoms with Gasteiger partial charge in [0.15, 0.2) is 0 Å². The van der Waals surface area contributed by atoms with Crippen LogP contribution in [-0.4, -0.2) is 31.8 Å². The first-order valence-corrected chi connectivity index (χ1v) is 9.86. The third kappa shape index (κ3) is 3.55. The Balaban J connectivity index is 2.70. The molecule has 1 fully saturated rings. The number of hydrogen-bond donors (Lipinski definition) is 0. The van der Waals surface area contributed by atoms with E-state index in [0.717, 1.165) is 12.1 Å². The molecule has 0 radical (unpaired) electrons. The molecule has 0 aliphatic heterocycles. The summed E-state index contributed by atoms with van der Waals surface area (Å²) in [5.41, 5.74) is 7.79. The maximum absolute atomic E-state index is 13.2. The zero-order valence-corrected chi connectivity index (χ0v) is 14.5. The van der Waals surface area contributed by atoms with Gasteiger partial charge in [-0.15, -0.1) is 0 Å². The summed E-state index contributed by atoms with van der Waals surface area (Å²) in [6.07, 6.45) is -3.91. The molecule has 0 heterocycles. The standard InChI is InChI=1S/C14H15F3N2O4S2/c15-14(16,17)10-6-2-3-7-11(10)25(22,23)12(19-18)13(24(20)21)8-4-1-5-9-13/h2-3,6-7H,1,4-5,8-9H2,(H,20,21)/p-1. The molecule has 0 aromatic heterocycles. The summed E-state index contributed by atoms with van der Waals surface area (Å²) in [6, 6.07) is 3.38. The summed E-state index contributed by atoms with van der Waals surface area (Å²) in [5.74, 6) is 0. The molecule has 25 heavy (non-hydrogen) atoms. The van der Waals surface area contributed by atoms with Crippen LogP contribution in [0, 0.1) is 0 Å². The number of benzene rings is 1. The molecule has 6 nitrogen and oxygen atoms in total. The minimum absolute atomic E-state index is 0.143. The molecule has 0 spiro atoms. The number of hydrogen-bond acceptors (Lipinski definition) is 4. The number of rotatable bonds is 3. The van der Waals surface area contributed by atoms with Crippen molar-refractivity contribution >= 4 is 26.0 Å². The molecule has 0 amide bonds. The summed E-state index contributed by atoms with van der Waals surface area (Å²) < 4.78 is 86.5. The highest BCUT2D eigenvalue weighted by molar-refractivity contribution is 8.08. The van der Waals surface area contributed by atoms with E-state index >= 15 is 0 Å². The maximum atomic E-state index is 13.2. The van der Waals surface area contributed by atoms with Gasteiger partial charge in [0.05, 0.1) is 10.5 Å². The number of halogens is 3. The normalized spacial score (nSPS) is 19.0. The second kappa shape index (κ2) is 6.99. The van der Waals surface area contributed by atoms with Gasteiger partial charge < -0.3 is 10.1 Å². The van der Waals surface area contributed by atoms with E-state index in [1.165, 1.54) is 0 Å². The molecule has 1 aliphatic rings. The second-order valence-corrected chi connectivity index (χ2v) is 8.78. The van der Waals surface area contributed by atoms with E-state index in [2.05, 4.69) is 4.79 Å². The molecule has 0 saturated heterocycles. The van der Waals surface area contributed by atoms with Gasteiger partial charge in [-0.2, -0.15) is 18.0 Å². The number of alkyl halides is 3. The molecule has 138 valence electrons. The zero-order valence-electron chi connectivity index (χ0n) is 12.8. The molecule has 11 heteroatoms. The maximum Gasteiger partial charge on any atom is 0.417 e. The largest absolute Gasteiger partial charge is 0.771 e. The minimum atomic E-state index is -4.98. The Hall–Kier alpha value is -1.55. The average Bonchev–Trinajstić information content (AvgIpc) is 2.55. The minimum Gasteiger partial charge on any atom is -0.771 e. The van der Waals surface area contributed by atoms with Gasteiger partial charge in [0, 0.05) is 0 Å². The van der Waals surface area contributed by atoms with Crippen molar-refractivity contribution in [3.8, 4) is 0 Å². The van der Waals surface area contributed by atoms with Crippen molar-refractivity contribution in [1.29, 1.82) is 0 Å². The lowest BCUT2D eigenvalue weighted by Crippen LogP contribution is -2.49. The van der Waals surface area contributed by atoms with Crippen LogP contribution >= 0.6 is 0 Å². The topological polar surface area (TPSA) is 111 Å². The quantitative estimate of drug-likeness (QED) is 0.257. The van der Waals surface area contributed by atoms with Crippen LogP contribution in [0.1, 0.15) is 37.7 Å². The van der Waals surface area contributed by atoms with Crippen LogP contribution in [0.15, 0.2) is 29.2 Å². The van der Waals surface area contributed by atoms with Gasteiger partial charge in [0.25, 0.3) is 9.84 Å². The molecular weight excluding hydrogens is 381 g/mol. The zero-order chi connectivity index (χ0) is 18.9. The van der Waals surface area contributed by atoms with Crippen LogP contribution < -0.4 is 0 Å². The highest BCUT2D eigenvalue weighted by atomic mass is 32.2. The Morgan fingerprint density at radius 1 is 1.20 bits per heavy atom. The average molecular weight is 395 g/mol. The summed E-state index contributed by atoms with van der Waals surface area (Å²) >= 11 is -2.99. The van der Waals surface area contributed by atoms with E-state index in [0.29, 0.717) is 31.4 Å². The van der Waals surface area contributed by atoms with E-state index < -0.39 is 47.3 Å². The van der Waals surface area contributed by atoms with Crippen molar-refractivity contribution in [2.24, 2.45) is 0 Å². The van der Waals surface area contributed by atoms with E-state index in [9.17, 15) is 35.9 Å². The van der Waals surface area contributed by atoms with Gasteiger partial charge >= 0.3 is 11.2 Å². The smallest absolute Gasteiger partial charge is 0.417 e. The first-order chi connectivity index (χ1) is 11.6. The molecule has 0 N–H and O–H groups in total. The molecule has 0 bridgehead atoms. The van der Waals surface area contributed by atoms with Gasteiger partial charge in [-0.1, -0.05) is 31.4 Å². The van der Waals surface area contributed by atoms with Crippen molar-refractivity contribution in [2.45, 2.75) is 47.9 Å². The third-order valence-electron chi connectivity index (χ3n) is 4.20. The third-order valence-corrected chi connectivity index (χ3v) is 7.48. The lowest BCUT2D eigenvalue weighted by atomic mass is 9.89. The van der Waals surface area contributed by atoms with E-state index in [1.807, 2.05) is 0 Å². The van der Waals surface area contributed by atoms with E-state index in [4.69, 9.17) is 0 Å². The monoisotopic (exact) mass is 395 g/mol. The summed E-state index contributed by atoms with van der Waals surface area (Å²) in [6.45, 7) is 0. The van der Waals surface area contributed by atoms with Gasteiger partial charge in [-0.05, 0) is 36.1 Å². The van der Waals surface area contributed by atoms with Gasteiger partial charge in [-0.3, -0.25) is 4.21 Å². The van der Waals surface area contributed by atoms with Crippen molar-refractivity contribution < 1.29 is 35.1 Å². The first kappa shape index (κ1) is 19.8. The molecule has 1 atom stereocenters. The fourth-order valence-corrected chi connectivity index (χ4v) is 6.08. The Morgan fingerprint density at radius 3 is 2.24 bits per heavy atom. The summed E-state index contributed by atoms with van der Waals surface area (Å²) in [7, 11) is -4.98. The first-order valence-electron chi connectivity index (χ1n) is 7.30. The summed E-state index contributed by atoms with van der Waals surface area (Å²) in [4.78, 5) is 1.51. The van der Waals surface area contributed by atoms with Crippen molar-refractivity contribution in [3.05, 3.63) is 35.4 Å². The molecule has 1 saturated carbocycles. The highest BCUT2D eigenvalue weighted by Crippen LogP contribution is 2.39.